The summed E-state index contributed by atoms with van der Waals surface area (Å²) in [6.45, 7) is 1.65. The lowest BCUT2D eigenvalue weighted by atomic mass is 10.2. The number of nitrogens with one attached hydrogen (secondary N) is 2. The zero-order valence-electron chi connectivity index (χ0n) is 13.2. The van der Waals surface area contributed by atoms with Gasteiger partial charge in [-0.3, -0.25) is 9.59 Å². The van der Waals surface area contributed by atoms with Crippen molar-refractivity contribution in [2.45, 2.75) is 13.0 Å². The quantitative estimate of drug-likeness (QED) is 0.760. The van der Waals surface area contributed by atoms with Crippen LogP contribution in [-0.4, -0.2) is 17.9 Å². The van der Waals surface area contributed by atoms with Gasteiger partial charge in [0.25, 0.3) is 5.91 Å². The van der Waals surface area contributed by atoms with Crippen molar-refractivity contribution in [2.75, 3.05) is 10.6 Å². The fourth-order valence-electron chi connectivity index (χ4n) is 2.28. The van der Waals surface area contributed by atoms with Gasteiger partial charge in [0.15, 0.2) is 6.10 Å². The Morgan fingerprint density at radius 2 is 2.12 bits per heavy atom. The summed E-state index contributed by atoms with van der Waals surface area (Å²) in [6, 6.07) is 9.40. The first kappa shape index (κ1) is 17.2. The van der Waals surface area contributed by atoms with E-state index in [9.17, 15) is 14.0 Å². The molecule has 2 N–H and O–H groups in total. The van der Waals surface area contributed by atoms with Gasteiger partial charge < -0.3 is 15.4 Å². The fraction of sp³-hybridized carbons (Fsp3) is 0.111. The number of carbonyl (C=O) groups is 2. The summed E-state index contributed by atoms with van der Waals surface area (Å²) < 4.78 is 19.8. The molecule has 1 aliphatic rings. The summed E-state index contributed by atoms with van der Waals surface area (Å²) in [5, 5.41) is 5.36. The van der Waals surface area contributed by atoms with E-state index < -0.39 is 17.8 Å². The molecule has 0 aliphatic carbocycles. The lowest BCUT2D eigenvalue weighted by Crippen LogP contribution is -2.34. The van der Waals surface area contributed by atoms with Crippen molar-refractivity contribution in [3.8, 4) is 5.75 Å². The molecule has 0 bridgehead atoms. The van der Waals surface area contributed by atoms with E-state index in [2.05, 4.69) is 26.6 Å². The molecule has 3 rings (SSSR count). The standard InChI is InChI=1S/C18H14BrFN2O3/c1-10-18(24)22-15-9-13(4-6-16(15)25-10)21-17(23)7-2-11-8-12(19)3-5-14(11)20/h2-10H,1H3,(H,21,23)(H,22,24)/b7-2+/t10-/m1/s1. The molecule has 0 spiro atoms. The molecular weight excluding hydrogens is 391 g/mol. The largest absolute Gasteiger partial charge is 0.479 e. The molecule has 0 radical (unpaired) electrons. The molecule has 7 heteroatoms. The predicted octanol–water partition coefficient (Wildman–Crippen LogP) is 3.96. The Morgan fingerprint density at radius 3 is 2.92 bits per heavy atom. The van der Waals surface area contributed by atoms with Gasteiger partial charge in [-0.25, -0.2) is 4.39 Å². The van der Waals surface area contributed by atoms with Crippen LogP contribution in [0.4, 0.5) is 15.8 Å². The van der Waals surface area contributed by atoms with Gasteiger partial charge in [-0.1, -0.05) is 15.9 Å². The number of fused-ring (bicyclic) bond motifs is 1. The van der Waals surface area contributed by atoms with E-state index in [0.29, 0.717) is 27.2 Å². The van der Waals surface area contributed by atoms with Crippen molar-refractivity contribution in [3.05, 3.63) is 58.3 Å². The molecule has 0 saturated carbocycles. The number of halogens is 2. The van der Waals surface area contributed by atoms with Crippen molar-refractivity contribution in [1.82, 2.24) is 0 Å². The summed E-state index contributed by atoms with van der Waals surface area (Å²) >= 11 is 3.25. The zero-order valence-corrected chi connectivity index (χ0v) is 14.8. The van der Waals surface area contributed by atoms with Crippen molar-refractivity contribution in [3.63, 3.8) is 0 Å². The first-order valence-corrected chi connectivity index (χ1v) is 8.27. The van der Waals surface area contributed by atoms with Crippen LogP contribution < -0.4 is 15.4 Å². The maximum absolute atomic E-state index is 13.6. The number of hydrogen-bond donors (Lipinski definition) is 2. The Hall–Kier alpha value is -2.67. The minimum Gasteiger partial charge on any atom is -0.479 e. The van der Waals surface area contributed by atoms with Gasteiger partial charge >= 0.3 is 0 Å². The maximum Gasteiger partial charge on any atom is 0.265 e. The van der Waals surface area contributed by atoms with Gasteiger partial charge in [-0.05, 0) is 49.4 Å². The van der Waals surface area contributed by atoms with Crippen LogP contribution >= 0.6 is 15.9 Å². The second-order valence-electron chi connectivity index (χ2n) is 5.45. The third-order valence-corrected chi connectivity index (χ3v) is 4.04. The molecule has 128 valence electrons. The molecule has 25 heavy (non-hydrogen) atoms. The van der Waals surface area contributed by atoms with Gasteiger partial charge in [0.1, 0.15) is 11.6 Å². The Labute approximate surface area is 152 Å². The minimum absolute atomic E-state index is 0.249. The van der Waals surface area contributed by atoms with Crippen LogP contribution in [0.2, 0.25) is 0 Å². The van der Waals surface area contributed by atoms with Gasteiger partial charge in [-0.15, -0.1) is 0 Å². The summed E-state index contributed by atoms with van der Waals surface area (Å²) in [6.07, 6.45) is 2.07. The smallest absolute Gasteiger partial charge is 0.265 e. The van der Waals surface area contributed by atoms with Crippen LogP contribution in [0.25, 0.3) is 6.08 Å². The Bertz CT molecular complexity index is 883. The van der Waals surface area contributed by atoms with Crippen LogP contribution in [0.5, 0.6) is 5.75 Å². The van der Waals surface area contributed by atoms with Crippen molar-refractivity contribution >= 4 is 45.2 Å². The molecule has 2 aromatic carbocycles. The van der Waals surface area contributed by atoms with Crippen LogP contribution in [0, 0.1) is 5.82 Å². The molecule has 2 amide bonds. The average Bonchev–Trinajstić information content (AvgIpc) is 2.57. The molecule has 0 unspecified atom stereocenters. The number of amides is 2. The molecule has 0 fully saturated rings. The van der Waals surface area contributed by atoms with Gasteiger partial charge in [-0.2, -0.15) is 0 Å². The van der Waals surface area contributed by atoms with Crippen molar-refractivity contribution in [1.29, 1.82) is 0 Å². The number of hydrogen-bond acceptors (Lipinski definition) is 3. The number of carbonyl (C=O) groups excluding carboxylic acids is 2. The van der Waals surface area contributed by atoms with Crippen LogP contribution in [0.1, 0.15) is 12.5 Å². The molecular formula is C18H14BrFN2O3. The number of ether oxygens (including phenoxy) is 1. The van der Waals surface area contributed by atoms with Gasteiger partial charge in [0, 0.05) is 21.8 Å². The third kappa shape index (κ3) is 4.06. The highest BCUT2D eigenvalue weighted by Crippen LogP contribution is 2.32. The predicted molar refractivity (Wildman–Crippen MR) is 96.9 cm³/mol. The van der Waals surface area contributed by atoms with E-state index in [-0.39, 0.29) is 5.91 Å². The van der Waals surface area contributed by atoms with Crippen LogP contribution in [0.3, 0.4) is 0 Å². The highest BCUT2D eigenvalue weighted by Gasteiger charge is 2.23. The minimum atomic E-state index is -0.559. The summed E-state index contributed by atoms with van der Waals surface area (Å²) in [5.74, 6) is -0.552. The van der Waals surface area contributed by atoms with Crippen LogP contribution in [-0.2, 0) is 9.59 Å². The molecule has 1 aliphatic heterocycles. The summed E-state index contributed by atoms with van der Waals surface area (Å²) in [5.41, 5.74) is 1.27. The number of rotatable bonds is 3. The molecule has 1 atom stereocenters. The van der Waals surface area contributed by atoms with E-state index in [1.165, 1.54) is 18.2 Å². The highest BCUT2D eigenvalue weighted by atomic mass is 79.9. The van der Waals surface area contributed by atoms with Crippen molar-refractivity contribution in [2.24, 2.45) is 0 Å². The second kappa shape index (κ2) is 7.06. The molecule has 2 aromatic rings. The Kier molecular flexibility index (Phi) is 4.85. The normalized spacial score (nSPS) is 16.1. The second-order valence-corrected chi connectivity index (χ2v) is 6.36. The molecule has 5 nitrogen and oxygen atoms in total. The number of anilines is 2. The highest BCUT2D eigenvalue weighted by molar-refractivity contribution is 9.10. The zero-order chi connectivity index (χ0) is 18.0. The van der Waals surface area contributed by atoms with E-state index in [0.717, 1.165) is 0 Å². The number of benzene rings is 2. The van der Waals surface area contributed by atoms with Gasteiger partial charge in [0.05, 0.1) is 5.69 Å². The lowest BCUT2D eigenvalue weighted by molar-refractivity contribution is -0.122. The lowest BCUT2D eigenvalue weighted by Gasteiger charge is -2.23. The summed E-state index contributed by atoms with van der Waals surface area (Å²) in [4.78, 5) is 23.7. The van der Waals surface area contributed by atoms with E-state index in [1.807, 2.05) is 0 Å². The first-order chi connectivity index (χ1) is 11.9. The monoisotopic (exact) mass is 404 g/mol. The molecule has 0 aromatic heterocycles. The third-order valence-electron chi connectivity index (χ3n) is 3.55. The van der Waals surface area contributed by atoms with E-state index in [4.69, 9.17) is 4.74 Å². The van der Waals surface area contributed by atoms with Gasteiger partial charge in [0.2, 0.25) is 5.91 Å². The first-order valence-electron chi connectivity index (χ1n) is 7.48. The van der Waals surface area contributed by atoms with E-state index >= 15 is 0 Å². The van der Waals surface area contributed by atoms with Crippen LogP contribution in [0.15, 0.2) is 46.9 Å². The maximum atomic E-state index is 13.6. The average molecular weight is 405 g/mol. The molecule has 1 heterocycles. The SMILES string of the molecule is C[C@H]1Oc2ccc(NC(=O)/C=C/c3cc(Br)ccc3F)cc2NC1=O. The summed E-state index contributed by atoms with van der Waals surface area (Å²) in [7, 11) is 0. The Balaban J connectivity index is 1.71. The fourth-order valence-corrected chi connectivity index (χ4v) is 2.66. The van der Waals surface area contributed by atoms with E-state index in [1.54, 1.807) is 37.3 Å². The molecule has 0 saturated heterocycles. The Morgan fingerprint density at radius 1 is 1.32 bits per heavy atom. The topological polar surface area (TPSA) is 67.4 Å². The van der Waals surface area contributed by atoms with Crippen molar-refractivity contribution < 1.29 is 18.7 Å².